The predicted octanol–water partition coefficient (Wildman–Crippen LogP) is 4.23. The van der Waals surface area contributed by atoms with E-state index in [1.165, 1.54) is 35.7 Å². The summed E-state index contributed by atoms with van der Waals surface area (Å²) in [4.78, 5) is 22.3. The van der Waals surface area contributed by atoms with Crippen molar-refractivity contribution in [1.29, 1.82) is 0 Å². The highest BCUT2D eigenvalue weighted by atomic mass is 32.1. The number of nitro groups is 1. The normalized spacial score (nSPS) is 16.8. The van der Waals surface area contributed by atoms with Crippen molar-refractivity contribution in [2.45, 2.75) is 59.4 Å². The lowest BCUT2D eigenvalue weighted by molar-refractivity contribution is -0.385. The smallest absolute Gasteiger partial charge is 0.265 e. The van der Waals surface area contributed by atoms with E-state index >= 15 is 0 Å². The van der Waals surface area contributed by atoms with Crippen molar-refractivity contribution in [2.24, 2.45) is 11.3 Å². The minimum atomic E-state index is -0.443. The Kier molecular flexibility index (Phi) is 4.76. The zero-order valence-electron chi connectivity index (χ0n) is 17.9. The highest BCUT2D eigenvalue weighted by molar-refractivity contribution is 7.19. The molecule has 1 atom stereocenters. The van der Waals surface area contributed by atoms with Crippen LogP contribution in [0.4, 0.5) is 5.69 Å². The first-order valence-electron chi connectivity index (χ1n) is 10.7. The van der Waals surface area contributed by atoms with Crippen LogP contribution in [0.3, 0.4) is 0 Å². The quantitative estimate of drug-likeness (QED) is 0.329. The molecule has 1 unspecified atom stereocenters. The third-order valence-electron chi connectivity index (χ3n) is 6.84. The van der Waals surface area contributed by atoms with Crippen LogP contribution in [0.25, 0.3) is 15.9 Å². The number of nitrogens with zero attached hydrogens (tertiary/aromatic N) is 7. The highest BCUT2D eigenvalue weighted by Crippen LogP contribution is 2.44. The number of aryl methyl sites for hydroxylation is 3. The van der Waals surface area contributed by atoms with Gasteiger partial charge in [0.1, 0.15) is 23.6 Å². The minimum absolute atomic E-state index is 0.0108. The van der Waals surface area contributed by atoms with Crippen molar-refractivity contribution in [3.8, 4) is 0 Å². The molecule has 0 spiro atoms. The highest BCUT2D eigenvalue weighted by Gasteiger charge is 2.33. The lowest BCUT2D eigenvalue weighted by Crippen LogP contribution is -2.28. The molecular weight excluding hydrogens is 414 g/mol. The van der Waals surface area contributed by atoms with Crippen molar-refractivity contribution < 1.29 is 4.92 Å². The number of rotatable bonds is 6. The van der Waals surface area contributed by atoms with Crippen molar-refractivity contribution in [2.75, 3.05) is 0 Å². The van der Waals surface area contributed by atoms with Gasteiger partial charge in [0.25, 0.3) is 0 Å². The third-order valence-corrected chi connectivity index (χ3v) is 8.00. The van der Waals surface area contributed by atoms with Gasteiger partial charge in [0.2, 0.25) is 0 Å². The molecule has 0 radical (unpaired) electrons. The Morgan fingerprint density at radius 3 is 2.97 bits per heavy atom. The molecular formula is C21H25N7O2S. The van der Waals surface area contributed by atoms with Gasteiger partial charge in [-0.2, -0.15) is 5.10 Å². The Labute approximate surface area is 183 Å². The number of aromatic nitrogens is 6. The first-order chi connectivity index (χ1) is 14.9. The van der Waals surface area contributed by atoms with Crippen LogP contribution in [0, 0.1) is 21.4 Å². The second-order valence-electron chi connectivity index (χ2n) is 8.98. The lowest BCUT2D eigenvalue weighted by Gasteiger charge is -2.36. The molecule has 4 aromatic heterocycles. The van der Waals surface area contributed by atoms with Crippen LogP contribution in [0.15, 0.2) is 18.7 Å². The van der Waals surface area contributed by atoms with E-state index in [2.05, 4.69) is 36.0 Å². The molecule has 1 aliphatic rings. The summed E-state index contributed by atoms with van der Waals surface area (Å²) in [6.07, 6.45) is 9.53. The second-order valence-corrected chi connectivity index (χ2v) is 10.1. The molecule has 0 bridgehead atoms. The summed E-state index contributed by atoms with van der Waals surface area (Å²) < 4.78 is 3.32. The van der Waals surface area contributed by atoms with E-state index in [0.717, 1.165) is 28.7 Å². The molecule has 0 aliphatic heterocycles. The van der Waals surface area contributed by atoms with Crippen LogP contribution in [-0.4, -0.2) is 34.3 Å². The van der Waals surface area contributed by atoms with E-state index < -0.39 is 4.92 Å². The van der Waals surface area contributed by atoms with Crippen LogP contribution >= 0.6 is 11.3 Å². The van der Waals surface area contributed by atoms with E-state index in [0.29, 0.717) is 30.1 Å². The van der Waals surface area contributed by atoms with E-state index in [1.54, 1.807) is 26.9 Å². The average Bonchev–Trinajstić information content (AvgIpc) is 3.46. The molecule has 162 valence electrons. The fraction of sp³-hybridized carbons (Fsp3) is 0.524. The van der Waals surface area contributed by atoms with Gasteiger partial charge in [-0.1, -0.05) is 27.2 Å². The molecule has 5 rings (SSSR count). The van der Waals surface area contributed by atoms with Gasteiger partial charge in [-0.15, -0.1) is 16.4 Å². The second kappa shape index (κ2) is 7.37. The van der Waals surface area contributed by atoms with Crippen LogP contribution in [0.2, 0.25) is 0 Å². The molecule has 4 aromatic rings. The standard InChI is InChI=1S/C21H25N7O2S/c1-4-21(2,3)13-5-6-15-16(9-13)31-20-18(15)19-24-17(25-27(19)12-22-20)7-8-26-11-14(10-23-26)28(29)30/h10-13H,4-9H2,1-3H3. The molecule has 0 saturated heterocycles. The minimum Gasteiger partial charge on any atom is -0.265 e. The van der Waals surface area contributed by atoms with Gasteiger partial charge in [-0.05, 0) is 36.2 Å². The molecule has 0 N–H and O–H groups in total. The number of hydrogen-bond acceptors (Lipinski definition) is 7. The molecule has 0 saturated carbocycles. The third kappa shape index (κ3) is 3.48. The Morgan fingerprint density at radius 2 is 2.23 bits per heavy atom. The Hall–Kier alpha value is -2.88. The predicted molar refractivity (Wildman–Crippen MR) is 118 cm³/mol. The molecule has 0 amide bonds. The average molecular weight is 440 g/mol. The first kappa shape index (κ1) is 20.0. The number of thiophene rings is 1. The van der Waals surface area contributed by atoms with Gasteiger partial charge in [0.05, 0.1) is 10.3 Å². The van der Waals surface area contributed by atoms with Crippen molar-refractivity contribution in [3.05, 3.63) is 45.1 Å². The lowest BCUT2D eigenvalue weighted by atomic mass is 9.70. The SMILES string of the molecule is CCC(C)(C)C1CCc2c(sc3ncn4nc(CCn5cc([N+](=O)[O-])cn5)nc4c23)C1. The largest absolute Gasteiger partial charge is 0.306 e. The summed E-state index contributed by atoms with van der Waals surface area (Å²) in [5, 5.41) is 20.6. The van der Waals surface area contributed by atoms with Crippen molar-refractivity contribution in [1.82, 2.24) is 29.4 Å². The van der Waals surface area contributed by atoms with Crippen LogP contribution in [-0.2, 0) is 25.8 Å². The summed E-state index contributed by atoms with van der Waals surface area (Å²) >= 11 is 1.80. The fourth-order valence-corrected chi connectivity index (χ4v) is 5.73. The Balaban J connectivity index is 1.44. The van der Waals surface area contributed by atoms with E-state index in [1.807, 2.05) is 0 Å². The first-order valence-corrected chi connectivity index (χ1v) is 11.5. The fourth-order valence-electron chi connectivity index (χ4n) is 4.46. The van der Waals surface area contributed by atoms with Gasteiger partial charge in [0, 0.05) is 17.8 Å². The maximum Gasteiger partial charge on any atom is 0.306 e. The van der Waals surface area contributed by atoms with Gasteiger partial charge in [-0.3, -0.25) is 14.8 Å². The van der Waals surface area contributed by atoms with Gasteiger partial charge in [-0.25, -0.2) is 14.5 Å². The van der Waals surface area contributed by atoms with E-state index in [9.17, 15) is 10.1 Å². The van der Waals surface area contributed by atoms with E-state index in [-0.39, 0.29) is 5.69 Å². The van der Waals surface area contributed by atoms with Crippen LogP contribution in [0.5, 0.6) is 0 Å². The maximum absolute atomic E-state index is 10.8. The van der Waals surface area contributed by atoms with Gasteiger partial charge < -0.3 is 0 Å². The van der Waals surface area contributed by atoms with E-state index in [4.69, 9.17) is 4.98 Å². The number of fused-ring (bicyclic) bond motifs is 5. The Bertz CT molecular complexity index is 1290. The monoisotopic (exact) mass is 439 g/mol. The van der Waals surface area contributed by atoms with Crippen molar-refractivity contribution >= 4 is 32.9 Å². The molecule has 0 aromatic carbocycles. The van der Waals surface area contributed by atoms with Crippen LogP contribution in [0.1, 0.15) is 49.9 Å². The molecule has 9 nitrogen and oxygen atoms in total. The summed E-state index contributed by atoms with van der Waals surface area (Å²) in [7, 11) is 0. The summed E-state index contributed by atoms with van der Waals surface area (Å²) in [6.45, 7) is 7.53. The summed E-state index contributed by atoms with van der Waals surface area (Å²) in [5.74, 6) is 1.38. The number of hydrogen-bond donors (Lipinski definition) is 0. The zero-order valence-corrected chi connectivity index (χ0v) is 18.7. The summed E-state index contributed by atoms with van der Waals surface area (Å²) in [6, 6.07) is 0. The maximum atomic E-state index is 10.8. The molecule has 0 fully saturated rings. The molecule has 4 heterocycles. The topological polar surface area (TPSA) is 104 Å². The summed E-state index contributed by atoms with van der Waals surface area (Å²) in [5.41, 5.74) is 2.59. The van der Waals surface area contributed by atoms with Crippen LogP contribution < -0.4 is 0 Å². The van der Waals surface area contributed by atoms with Gasteiger partial charge >= 0.3 is 5.69 Å². The Morgan fingerprint density at radius 1 is 1.39 bits per heavy atom. The zero-order chi connectivity index (χ0) is 21.8. The molecule has 1 aliphatic carbocycles. The molecule has 31 heavy (non-hydrogen) atoms. The molecule has 10 heteroatoms. The van der Waals surface area contributed by atoms with Crippen molar-refractivity contribution in [3.63, 3.8) is 0 Å². The van der Waals surface area contributed by atoms with Gasteiger partial charge in [0.15, 0.2) is 11.5 Å².